The maximum absolute atomic E-state index is 13.2. The van der Waals surface area contributed by atoms with Crippen LogP contribution in [0.2, 0.25) is 0 Å². The van der Waals surface area contributed by atoms with Crippen molar-refractivity contribution in [1.82, 2.24) is 0 Å². The van der Waals surface area contributed by atoms with E-state index in [1.807, 2.05) is 57.2 Å². The van der Waals surface area contributed by atoms with Crippen LogP contribution >= 0.6 is 0 Å². The van der Waals surface area contributed by atoms with Gasteiger partial charge in [-0.3, -0.25) is 0 Å². The minimum absolute atomic E-state index is 0.0432. The van der Waals surface area contributed by atoms with Crippen molar-refractivity contribution in [3.8, 4) is 17.2 Å². The van der Waals surface area contributed by atoms with Crippen LogP contribution in [0.25, 0.3) is 6.08 Å². The van der Waals surface area contributed by atoms with E-state index in [4.69, 9.17) is 4.74 Å². The second-order valence-electron chi connectivity index (χ2n) is 9.34. The minimum Gasteiger partial charge on any atom is -0.507 e. The van der Waals surface area contributed by atoms with Crippen molar-refractivity contribution in [3.63, 3.8) is 0 Å². The second kappa shape index (κ2) is 11.8. The van der Waals surface area contributed by atoms with E-state index in [1.165, 1.54) is 0 Å². The number of unbranched alkanes of at least 4 members (excludes halogenated alkanes) is 1. The summed E-state index contributed by atoms with van der Waals surface area (Å²) in [6, 6.07) is 9.65. The summed E-state index contributed by atoms with van der Waals surface area (Å²) < 4.78 is 5.53. The highest BCUT2D eigenvalue weighted by atomic mass is 16.5. The lowest BCUT2D eigenvalue weighted by atomic mass is 9.73. The van der Waals surface area contributed by atoms with Crippen LogP contribution in [0.4, 0.5) is 0 Å². The first-order valence-electron chi connectivity index (χ1n) is 12.3. The van der Waals surface area contributed by atoms with Gasteiger partial charge in [0, 0.05) is 23.5 Å². The molecule has 5 heteroatoms. The monoisotopic (exact) mass is 476 g/mol. The van der Waals surface area contributed by atoms with Gasteiger partial charge in [-0.1, -0.05) is 79.6 Å². The molecule has 35 heavy (non-hydrogen) atoms. The predicted octanol–water partition coefficient (Wildman–Crippen LogP) is 7.03. The lowest BCUT2D eigenvalue weighted by Crippen LogP contribution is -2.19. The number of ether oxygens (including phenoxy) is 1. The van der Waals surface area contributed by atoms with Gasteiger partial charge in [0.15, 0.2) is 11.5 Å². The molecular weight excluding hydrogens is 440 g/mol. The molecule has 0 amide bonds. The van der Waals surface area contributed by atoms with E-state index < -0.39 is 23.4 Å². The number of hydrogen-bond donors (Lipinski definition) is 3. The summed E-state index contributed by atoms with van der Waals surface area (Å²) in [6.45, 7) is 10.1. The molecule has 2 aromatic carbocycles. The minimum atomic E-state index is -0.741. The molecule has 0 spiro atoms. The van der Waals surface area contributed by atoms with Crippen molar-refractivity contribution in [2.75, 3.05) is 6.61 Å². The number of aromatic hydroxyl groups is 3. The second-order valence-corrected chi connectivity index (χ2v) is 9.34. The van der Waals surface area contributed by atoms with Crippen LogP contribution < -0.4 is 0 Å². The number of carbonyl (C=O) groups is 1. The molecule has 0 radical (unpaired) electrons. The zero-order valence-electron chi connectivity index (χ0n) is 20.9. The summed E-state index contributed by atoms with van der Waals surface area (Å²) in [5, 5.41) is 33.4. The Kier molecular flexibility index (Phi) is 8.80. The first-order valence-corrected chi connectivity index (χ1v) is 12.3. The molecular formula is C30H36O5. The van der Waals surface area contributed by atoms with E-state index >= 15 is 0 Å². The molecule has 0 saturated heterocycles. The van der Waals surface area contributed by atoms with Crippen molar-refractivity contribution < 1.29 is 24.9 Å². The van der Waals surface area contributed by atoms with E-state index in [9.17, 15) is 20.1 Å². The Hall–Kier alpha value is -3.47. The number of benzene rings is 2. The molecule has 0 heterocycles. The topological polar surface area (TPSA) is 87.0 Å². The number of phenols is 3. The van der Waals surface area contributed by atoms with Gasteiger partial charge in [0.1, 0.15) is 11.3 Å². The third-order valence-corrected chi connectivity index (χ3v) is 6.62. The van der Waals surface area contributed by atoms with Crippen LogP contribution in [-0.4, -0.2) is 27.9 Å². The molecule has 0 saturated carbocycles. The Morgan fingerprint density at radius 3 is 2.51 bits per heavy atom. The van der Waals surface area contributed by atoms with Crippen molar-refractivity contribution in [2.45, 2.75) is 58.8 Å². The van der Waals surface area contributed by atoms with Crippen LogP contribution in [0.5, 0.6) is 17.2 Å². The molecule has 0 aromatic heterocycles. The van der Waals surface area contributed by atoms with Crippen molar-refractivity contribution in [3.05, 3.63) is 82.5 Å². The number of rotatable bonds is 9. The normalized spacial score (nSPS) is 17.9. The summed E-state index contributed by atoms with van der Waals surface area (Å²) in [5.41, 5.74) is 3.12. The molecule has 0 fully saturated rings. The van der Waals surface area contributed by atoms with Gasteiger partial charge in [-0.05, 0) is 44.6 Å². The maximum Gasteiger partial charge on any atom is 0.342 e. The van der Waals surface area contributed by atoms with E-state index in [0.29, 0.717) is 12.8 Å². The smallest absolute Gasteiger partial charge is 0.342 e. The lowest BCUT2D eigenvalue weighted by Gasteiger charge is -2.32. The van der Waals surface area contributed by atoms with Gasteiger partial charge in [-0.25, -0.2) is 4.79 Å². The van der Waals surface area contributed by atoms with Gasteiger partial charge >= 0.3 is 5.97 Å². The van der Waals surface area contributed by atoms with Crippen molar-refractivity contribution in [2.24, 2.45) is 5.92 Å². The zero-order valence-corrected chi connectivity index (χ0v) is 20.9. The first kappa shape index (κ1) is 26.1. The van der Waals surface area contributed by atoms with Crippen LogP contribution in [0, 0.1) is 5.92 Å². The van der Waals surface area contributed by atoms with Crippen LogP contribution in [0.1, 0.15) is 79.4 Å². The molecule has 1 aliphatic carbocycles. The molecule has 0 bridgehead atoms. The highest BCUT2D eigenvalue weighted by Gasteiger charge is 2.35. The number of esters is 1. The van der Waals surface area contributed by atoms with Gasteiger partial charge in [0.05, 0.1) is 6.61 Å². The van der Waals surface area contributed by atoms with E-state index in [2.05, 4.69) is 6.58 Å². The number of phenolic OH excluding ortho intramolecular Hbond substituents is 3. The van der Waals surface area contributed by atoms with Gasteiger partial charge in [-0.2, -0.15) is 0 Å². The Morgan fingerprint density at radius 2 is 1.86 bits per heavy atom. The van der Waals surface area contributed by atoms with Gasteiger partial charge < -0.3 is 20.1 Å². The molecule has 2 aromatic rings. The maximum atomic E-state index is 13.2. The molecule has 186 valence electrons. The van der Waals surface area contributed by atoms with Crippen molar-refractivity contribution in [1.29, 1.82) is 0 Å². The average Bonchev–Trinajstić information content (AvgIpc) is 2.83. The van der Waals surface area contributed by atoms with Crippen molar-refractivity contribution >= 4 is 12.0 Å². The fourth-order valence-corrected chi connectivity index (χ4v) is 4.69. The third kappa shape index (κ3) is 5.97. The largest absolute Gasteiger partial charge is 0.507 e. The van der Waals surface area contributed by atoms with E-state index in [1.54, 1.807) is 12.2 Å². The zero-order chi connectivity index (χ0) is 25.5. The molecule has 0 aliphatic heterocycles. The summed E-state index contributed by atoms with van der Waals surface area (Å²) in [4.78, 5) is 13.2. The number of allylic oxidation sites excluding steroid dienone is 4. The third-order valence-electron chi connectivity index (χ3n) is 6.62. The van der Waals surface area contributed by atoms with Gasteiger partial charge in [0.2, 0.25) is 0 Å². The Labute approximate surface area is 208 Å². The molecule has 2 unspecified atom stereocenters. The lowest BCUT2D eigenvalue weighted by molar-refractivity contribution is 0.0505. The SMILES string of the molecule is C=C(C)C1CCC(C)=CC1c1c(O)c(O)c(/C=C/CCC)c(C(=O)OCCc2ccccc2)c1O. The molecule has 3 rings (SSSR count). The molecule has 2 atom stereocenters. The Bertz CT molecular complexity index is 1130. The fraction of sp³-hybridized carbons (Fsp3) is 0.367. The van der Waals surface area contributed by atoms with E-state index in [0.717, 1.165) is 36.0 Å². The quantitative estimate of drug-likeness (QED) is 0.156. The standard InChI is InChI=1S/C30H36O5/c1-5-6-8-13-23-26(30(34)35-17-16-21-11-9-7-10-12-21)28(32)25(29(33)27(23)31)24-18-20(4)14-15-22(24)19(2)3/h7-13,18,22,24,31-33H,2,5-6,14-17H2,1,3-4H3/b13-8+. The highest BCUT2D eigenvalue weighted by molar-refractivity contribution is 5.99. The summed E-state index contributed by atoms with van der Waals surface area (Å²) in [7, 11) is 0. The average molecular weight is 477 g/mol. The van der Waals surface area contributed by atoms with Crippen LogP contribution in [0.15, 0.2) is 60.2 Å². The Morgan fingerprint density at radius 1 is 1.14 bits per heavy atom. The van der Waals surface area contributed by atoms with Gasteiger partial charge in [0.25, 0.3) is 0 Å². The summed E-state index contributed by atoms with van der Waals surface area (Å²) in [5.74, 6) is -2.41. The highest BCUT2D eigenvalue weighted by Crippen LogP contribution is 2.52. The van der Waals surface area contributed by atoms with Crippen LogP contribution in [0.3, 0.4) is 0 Å². The van der Waals surface area contributed by atoms with Gasteiger partial charge in [-0.15, -0.1) is 0 Å². The predicted molar refractivity (Wildman–Crippen MR) is 140 cm³/mol. The summed E-state index contributed by atoms with van der Waals surface area (Å²) >= 11 is 0. The Balaban J connectivity index is 2.07. The molecule has 3 N–H and O–H groups in total. The summed E-state index contributed by atoms with van der Waals surface area (Å²) in [6.07, 6.45) is 9.14. The molecule has 1 aliphatic rings. The first-order chi connectivity index (χ1) is 16.8. The number of hydrogen-bond acceptors (Lipinski definition) is 5. The van der Waals surface area contributed by atoms with Crippen LogP contribution in [-0.2, 0) is 11.2 Å². The van der Waals surface area contributed by atoms with E-state index in [-0.39, 0.29) is 35.0 Å². The molecule has 5 nitrogen and oxygen atoms in total. The fourth-order valence-electron chi connectivity index (χ4n) is 4.69. The number of carbonyl (C=O) groups excluding carboxylic acids is 1.